The van der Waals surface area contributed by atoms with Crippen LogP contribution >= 0.6 is 11.8 Å². The quantitative estimate of drug-likeness (QED) is 0.745. The molecule has 1 rings (SSSR count). The zero-order chi connectivity index (χ0) is 10.9. The highest BCUT2D eigenvalue weighted by Gasteiger charge is 1.95. The molecule has 0 saturated carbocycles. The molecule has 5 heteroatoms. The Kier molecular flexibility index (Phi) is 5.56. The van der Waals surface area contributed by atoms with E-state index in [9.17, 15) is 0 Å². The molecule has 1 aromatic rings. The fourth-order valence-electron chi connectivity index (χ4n) is 1.06. The van der Waals surface area contributed by atoms with Gasteiger partial charge in [0.2, 0.25) is 0 Å². The molecular formula is C10H14N4S. The lowest BCUT2D eigenvalue weighted by Gasteiger charge is -2.03. The molecule has 0 atom stereocenters. The van der Waals surface area contributed by atoms with Crippen LogP contribution in [-0.4, -0.2) is 28.5 Å². The van der Waals surface area contributed by atoms with E-state index in [4.69, 9.17) is 5.26 Å². The number of hydrogen-bond acceptors (Lipinski definition) is 5. The zero-order valence-electron chi connectivity index (χ0n) is 8.73. The van der Waals surface area contributed by atoms with Gasteiger partial charge in [-0.25, -0.2) is 9.97 Å². The Balaban J connectivity index is 2.23. The van der Waals surface area contributed by atoms with E-state index in [1.54, 1.807) is 6.20 Å². The van der Waals surface area contributed by atoms with Crippen LogP contribution in [0.1, 0.15) is 18.5 Å². The van der Waals surface area contributed by atoms with Crippen molar-refractivity contribution >= 4 is 17.6 Å². The normalized spacial score (nSPS) is 9.60. The highest BCUT2D eigenvalue weighted by molar-refractivity contribution is 7.98. The summed E-state index contributed by atoms with van der Waals surface area (Å²) in [5.41, 5.74) is 0.350. The summed E-state index contributed by atoms with van der Waals surface area (Å²) < 4.78 is 0. The molecule has 0 radical (unpaired) electrons. The molecule has 0 aromatic carbocycles. The van der Waals surface area contributed by atoms with Gasteiger partial charge in [0, 0.05) is 6.54 Å². The summed E-state index contributed by atoms with van der Waals surface area (Å²) in [5, 5.41) is 11.7. The summed E-state index contributed by atoms with van der Waals surface area (Å²) in [6.07, 6.45) is 7.51. The maximum absolute atomic E-state index is 8.53. The van der Waals surface area contributed by atoms with Crippen LogP contribution in [0.15, 0.2) is 12.4 Å². The minimum absolute atomic E-state index is 0.350. The van der Waals surface area contributed by atoms with Crippen molar-refractivity contribution in [3.05, 3.63) is 18.1 Å². The van der Waals surface area contributed by atoms with Crippen molar-refractivity contribution in [2.45, 2.75) is 12.8 Å². The first-order valence-electron chi connectivity index (χ1n) is 4.82. The molecule has 4 nitrogen and oxygen atoms in total. The van der Waals surface area contributed by atoms with E-state index >= 15 is 0 Å². The van der Waals surface area contributed by atoms with Gasteiger partial charge in [-0.3, -0.25) is 0 Å². The van der Waals surface area contributed by atoms with Gasteiger partial charge in [0.1, 0.15) is 11.9 Å². The lowest BCUT2D eigenvalue weighted by atomic mass is 10.3. The average molecular weight is 222 g/mol. The number of nitrogens with one attached hydrogen (secondary N) is 1. The summed E-state index contributed by atoms with van der Waals surface area (Å²) in [6, 6.07) is 1.93. The van der Waals surface area contributed by atoms with E-state index in [-0.39, 0.29) is 0 Å². The van der Waals surface area contributed by atoms with Gasteiger partial charge in [-0.2, -0.15) is 17.0 Å². The van der Waals surface area contributed by atoms with Crippen molar-refractivity contribution in [1.82, 2.24) is 9.97 Å². The third-order valence-electron chi connectivity index (χ3n) is 1.85. The molecular weight excluding hydrogens is 208 g/mol. The van der Waals surface area contributed by atoms with Crippen LogP contribution in [0.3, 0.4) is 0 Å². The first-order chi connectivity index (χ1) is 7.36. The monoisotopic (exact) mass is 222 g/mol. The number of thioether (sulfide) groups is 1. The van der Waals surface area contributed by atoms with Gasteiger partial charge in [-0.05, 0) is 24.9 Å². The molecule has 15 heavy (non-hydrogen) atoms. The first-order valence-corrected chi connectivity index (χ1v) is 6.21. The number of nitrogens with zero attached hydrogens (tertiary/aromatic N) is 3. The lowest BCUT2D eigenvalue weighted by Crippen LogP contribution is -2.04. The number of anilines is 1. The standard InChI is InChI=1S/C10H14N4S/c1-15-5-3-2-4-12-10-8-13-9(6-11)7-14-10/h7-8H,2-5H2,1H3,(H,12,14). The second kappa shape index (κ2) is 7.07. The van der Waals surface area contributed by atoms with Crippen molar-refractivity contribution in [1.29, 1.82) is 5.26 Å². The van der Waals surface area contributed by atoms with Crippen LogP contribution in [0, 0.1) is 11.3 Å². The van der Waals surface area contributed by atoms with Gasteiger partial charge >= 0.3 is 0 Å². The summed E-state index contributed by atoms with van der Waals surface area (Å²) >= 11 is 1.86. The lowest BCUT2D eigenvalue weighted by molar-refractivity contribution is 0.838. The van der Waals surface area contributed by atoms with Gasteiger partial charge in [-0.1, -0.05) is 0 Å². The number of nitriles is 1. The van der Waals surface area contributed by atoms with Gasteiger partial charge < -0.3 is 5.32 Å². The smallest absolute Gasteiger partial charge is 0.158 e. The van der Waals surface area contributed by atoms with Gasteiger partial charge in [-0.15, -0.1) is 0 Å². The van der Waals surface area contributed by atoms with E-state index in [0.29, 0.717) is 5.69 Å². The largest absolute Gasteiger partial charge is 0.369 e. The molecule has 0 bridgehead atoms. The van der Waals surface area contributed by atoms with E-state index in [1.807, 2.05) is 17.8 Å². The molecule has 80 valence electrons. The number of unbranched alkanes of at least 4 members (excludes halogenated alkanes) is 1. The van der Waals surface area contributed by atoms with Crippen LogP contribution in [0.2, 0.25) is 0 Å². The minimum Gasteiger partial charge on any atom is -0.369 e. The number of hydrogen-bond donors (Lipinski definition) is 1. The molecule has 1 aromatic heterocycles. The third-order valence-corrected chi connectivity index (χ3v) is 2.54. The predicted octanol–water partition coefficient (Wildman–Crippen LogP) is 1.90. The highest BCUT2D eigenvalue weighted by atomic mass is 32.2. The SMILES string of the molecule is CSCCCCNc1cnc(C#N)cn1. The summed E-state index contributed by atoms with van der Waals surface area (Å²) in [7, 11) is 0. The summed E-state index contributed by atoms with van der Waals surface area (Å²) in [5.74, 6) is 1.93. The Morgan fingerprint density at radius 1 is 1.40 bits per heavy atom. The molecule has 1 heterocycles. The molecule has 0 fully saturated rings. The van der Waals surface area contributed by atoms with Crippen molar-refractivity contribution in [3.8, 4) is 6.07 Å². The number of aromatic nitrogens is 2. The fraction of sp³-hybridized carbons (Fsp3) is 0.500. The third kappa shape index (κ3) is 4.66. The van der Waals surface area contributed by atoms with Crippen LogP contribution in [0.25, 0.3) is 0 Å². The van der Waals surface area contributed by atoms with E-state index < -0.39 is 0 Å². The van der Waals surface area contributed by atoms with Crippen LogP contribution in [0.5, 0.6) is 0 Å². The Morgan fingerprint density at radius 2 is 2.27 bits per heavy atom. The molecule has 0 unspecified atom stereocenters. The molecule has 0 spiro atoms. The van der Waals surface area contributed by atoms with E-state index in [0.717, 1.165) is 18.8 Å². The van der Waals surface area contributed by atoms with Crippen molar-refractivity contribution in [3.63, 3.8) is 0 Å². The second-order valence-electron chi connectivity index (χ2n) is 3.03. The van der Waals surface area contributed by atoms with Gasteiger partial charge in [0.25, 0.3) is 0 Å². The first kappa shape index (κ1) is 11.8. The average Bonchev–Trinajstić information content (AvgIpc) is 2.30. The minimum atomic E-state index is 0.350. The van der Waals surface area contributed by atoms with Crippen molar-refractivity contribution < 1.29 is 0 Å². The molecule has 0 amide bonds. The fourth-order valence-corrected chi connectivity index (χ4v) is 1.56. The van der Waals surface area contributed by atoms with Gasteiger partial charge in [0.15, 0.2) is 5.69 Å². The van der Waals surface area contributed by atoms with Crippen molar-refractivity contribution in [2.24, 2.45) is 0 Å². The predicted molar refractivity (Wildman–Crippen MR) is 62.9 cm³/mol. The number of rotatable bonds is 6. The zero-order valence-corrected chi connectivity index (χ0v) is 9.55. The maximum Gasteiger partial charge on any atom is 0.158 e. The van der Waals surface area contributed by atoms with E-state index in [2.05, 4.69) is 21.5 Å². The Labute approximate surface area is 94.1 Å². The molecule has 0 aliphatic heterocycles. The van der Waals surface area contributed by atoms with Gasteiger partial charge in [0.05, 0.1) is 12.4 Å². The van der Waals surface area contributed by atoms with Crippen LogP contribution < -0.4 is 5.32 Å². The Hall–Kier alpha value is -1.28. The van der Waals surface area contributed by atoms with Crippen LogP contribution in [0.4, 0.5) is 5.82 Å². The Morgan fingerprint density at radius 3 is 2.87 bits per heavy atom. The van der Waals surface area contributed by atoms with E-state index in [1.165, 1.54) is 18.4 Å². The Bertz CT molecular complexity index is 317. The summed E-state index contributed by atoms with van der Waals surface area (Å²) in [6.45, 7) is 0.904. The second-order valence-corrected chi connectivity index (χ2v) is 4.01. The highest BCUT2D eigenvalue weighted by Crippen LogP contribution is 2.02. The molecule has 1 N–H and O–H groups in total. The van der Waals surface area contributed by atoms with Crippen LogP contribution in [-0.2, 0) is 0 Å². The maximum atomic E-state index is 8.53. The molecule has 0 saturated heterocycles. The molecule has 0 aliphatic carbocycles. The van der Waals surface area contributed by atoms with Crippen molar-refractivity contribution in [2.75, 3.05) is 23.9 Å². The summed E-state index contributed by atoms with van der Waals surface area (Å²) in [4.78, 5) is 7.99. The topological polar surface area (TPSA) is 61.6 Å². The molecule has 0 aliphatic rings.